The largest absolute Gasteiger partial charge is 0.370 e. The second kappa shape index (κ2) is 9.55. The van der Waals surface area contributed by atoms with Gasteiger partial charge >= 0.3 is 0 Å². The molecule has 1 aliphatic rings. The number of hydrogen-bond donors (Lipinski definition) is 2. The van der Waals surface area contributed by atoms with E-state index < -0.39 is 0 Å². The number of nitrogens with one attached hydrogen (secondary N) is 1. The van der Waals surface area contributed by atoms with Crippen molar-refractivity contribution in [3.8, 4) is 16.9 Å². The molecule has 0 spiro atoms. The van der Waals surface area contributed by atoms with Gasteiger partial charge in [-0.1, -0.05) is 61.4 Å². The summed E-state index contributed by atoms with van der Waals surface area (Å²) in [5, 5.41) is 8.17. The number of rotatable bonds is 5. The van der Waals surface area contributed by atoms with Crippen LogP contribution in [0.25, 0.3) is 16.9 Å². The first-order valence-electron chi connectivity index (χ1n) is 9.55. The van der Waals surface area contributed by atoms with Crippen molar-refractivity contribution >= 4 is 22.9 Å². The number of benzene rings is 2. The lowest BCUT2D eigenvalue weighted by Gasteiger charge is -2.12. The average Bonchev–Trinajstić information content (AvgIpc) is 3.37. The minimum absolute atomic E-state index is 0. The highest BCUT2D eigenvalue weighted by Crippen LogP contribution is 2.24. The number of nitrogens with zero attached hydrogens (tertiary/aromatic N) is 3. The number of hydrogen-bond acceptors (Lipinski definition) is 2. The fraction of sp³-hybridized carbons (Fsp3) is 0.273. The molecule has 0 atom stereocenters. The molecule has 6 heteroatoms. The molecule has 2 aromatic carbocycles. The van der Waals surface area contributed by atoms with E-state index >= 15 is 0 Å². The standard InChI is InChI=1S/C22H25N5.BrH/c23-22(25-19-11-7-8-12-19)24-15-18-16-27(20-13-5-2-6-14-20)26-21(18)17-9-3-1-4-10-17;/h1-6,9-10,13-14,16,19H,7-8,11-12,15H2,(H3,23,24,25);1H. The molecule has 0 radical (unpaired) electrons. The monoisotopic (exact) mass is 439 g/mol. The molecule has 146 valence electrons. The Morgan fingerprint density at radius 3 is 2.36 bits per heavy atom. The van der Waals surface area contributed by atoms with Gasteiger partial charge in [0.15, 0.2) is 5.96 Å². The molecule has 0 aliphatic heterocycles. The lowest BCUT2D eigenvalue weighted by molar-refractivity contribution is 0.625. The van der Waals surface area contributed by atoms with Crippen molar-refractivity contribution in [2.24, 2.45) is 10.7 Å². The molecule has 1 aliphatic carbocycles. The van der Waals surface area contributed by atoms with Gasteiger partial charge in [-0.15, -0.1) is 17.0 Å². The zero-order chi connectivity index (χ0) is 18.5. The number of para-hydroxylation sites is 1. The fourth-order valence-electron chi connectivity index (χ4n) is 3.57. The Labute approximate surface area is 176 Å². The average molecular weight is 440 g/mol. The van der Waals surface area contributed by atoms with Crippen LogP contribution in [0.2, 0.25) is 0 Å². The van der Waals surface area contributed by atoms with Gasteiger partial charge < -0.3 is 11.1 Å². The molecule has 1 saturated carbocycles. The quantitative estimate of drug-likeness (QED) is 0.455. The van der Waals surface area contributed by atoms with Crippen molar-refractivity contribution in [1.29, 1.82) is 0 Å². The molecular formula is C22H26BrN5. The van der Waals surface area contributed by atoms with Crippen LogP contribution in [0.15, 0.2) is 71.9 Å². The minimum Gasteiger partial charge on any atom is -0.370 e. The number of guanidine groups is 1. The first kappa shape index (κ1) is 20.1. The number of nitrogens with two attached hydrogens (primary N) is 1. The van der Waals surface area contributed by atoms with Gasteiger partial charge in [-0.05, 0) is 25.0 Å². The van der Waals surface area contributed by atoms with Crippen molar-refractivity contribution < 1.29 is 0 Å². The Bertz CT molecular complexity index is 899. The van der Waals surface area contributed by atoms with Crippen LogP contribution < -0.4 is 11.1 Å². The van der Waals surface area contributed by atoms with Crippen molar-refractivity contribution in [3.63, 3.8) is 0 Å². The van der Waals surface area contributed by atoms with Crippen molar-refractivity contribution in [2.75, 3.05) is 0 Å². The zero-order valence-electron chi connectivity index (χ0n) is 15.8. The first-order chi connectivity index (χ1) is 13.3. The lowest BCUT2D eigenvalue weighted by Crippen LogP contribution is -2.38. The van der Waals surface area contributed by atoms with Gasteiger partial charge in [0.1, 0.15) is 0 Å². The summed E-state index contributed by atoms with van der Waals surface area (Å²) >= 11 is 0. The van der Waals surface area contributed by atoms with E-state index in [4.69, 9.17) is 10.8 Å². The van der Waals surface area contributed by atoms with Gasteiger partial charge in [-0.3, -0.25) is 0 Å². The highest BCUT2D eigenvalue weighted by Gasteiger charge is 2.15. The lowest BCUT2D eigenvalue weighted by atomic mass is 10.1. The Balaban J connectivity index is 0.00000225. The fourth-order valence-corrected chi connectivity index (χ4v) is 3.57. The molecule has 1 fully saturated rings. The van der Waals surface area contributed by atoms with Crippen molar-refractivity contribution in [1.82, 2.24) is 15.1 Å². The van der Waals surface area contributed by atoms with E-state index in [-0.39, 0.29) is 17.0 Å². The Kier molecular flexibility index (Phi) is 6.87. The maximum atomic E-state index is 6.12. The second-order valence-electron chi connectivity index (χ2n) is 6.98. The van der Waals surface area contributed by atoms with Gasteiger partial charge in [-0.25, -0.2) is 9.67 Å². The summed E-state index contributed by atoms with van der Waals surface area (Å²) in [5.74, 6) is 0.522. The second-order valence-corrected chi connectivity index (χ2v) is 6.98. The predicted molar refractivity (Wildman–Crippen MR) is 120 cm³/mol. The van der Waals surface area contributed by atoms with Crippen LogP contribution in [0.1, 0.15) is 31.2 Å². The number of halogens is 1. The number of aliphatic imine (C=N–C) groups is 1. The molecule has 28 heavy (non-hydrogen) atoms. The van der Waals surface area contributed by atoms with Crippen LogP contribution in [0.5, 0.6) is 0 Å². The zero-order valence-corrected chi connectivity index (χ0v) is 17.5. The molecule has 0 amide bonds. The van der Waals surface area contributed by atoms with E-state index in [1.54, 1.807) is 0 Å². The molecule has 1 heterocycles. The van der Waals surface area contributed by atoms with Crippen LogP contribution >= 0.6 is 17.0 Å². The normalized spacial score (nSPS) is 14.6. The maximum Gasteiger partial charge on any atom is 0.189 e. The van der Waals surface area contributed by atoms with Gasteiger partial charge in [0.25, 0.3) is 0 Å². The molecule has 0 bridgehead atoms. The maximum absolute atomic E-state index is 6.12. The summed E-state index contributed by atoms with van der Waals surface area (Å²) < 4.78 is 1.91. The Morgan fingerprint density at radius 1 is 1.04 bits per heavy atom. The molecule has 3 N–H and O–H groups in total. The van der Waals surface area contributed by atoms with Crippen LogP contribution in [0.3, 0.4) is 0 Å². The van der Waals surface area contributed by atoms with E-state index in [9.17, 15) is 0 Å². The third kappa shape index (κ3) is 4.81. The predicted octanol–water partition coefficient (Wildman–Crippen LogP) is 4.46. The summed E-state index contributed by atoms with van der Waals surface area (Å²) in [6.45, 7) is 0.503. The third-order valence-corrected chi connectivity index (χ3v) is 4.98. The van der Waals surface area contributed by atoms with Crippen LogP contribution in [-0.4, -0.2) is 21.8 Å². The van der Waals surface area contributed by atoms with Gasteiger partial charge in [0.2, 0.25) is 0 Å². The van der Waals surface area contributed by atoms with Crippen molar-refractivity contribution in [2.45, 2.75) is 38.3 Å². The number of aromatic nitrogens is 2. The highest BCUT2D eigenvalue weighted by atomic mass is 79.9. The summed E-state index contributed by atoms with van der Waals surface area (Å²) in [4.78, 5) is 4.58. The summed E-state index contributed by atoms with van der Waals surface area (Å²) in [7, 11) is 0. The van der Waals surface area contributed by atoms with E-state index in [1.165, 1.54) is 25.7 Å². The van der Waals surface area contributed by atoms with Gasteiger partial charge in [-0.2, -0.15) is 5.10 Å². The van der Waals surface area contributed by atoms with Gasteiger partial charge in [0, 0.05) is 23.4 Å². The van der Waals surface area contributed by atoms with E-state index in [1.807, 2.05) is 59.4 Å². The first-order valence-corrected chi connectivity index (χ1v) is 9.55. The van der Waals surface area contributed by atoms with E-state index in [0.29, 0.717) is 18.5 Å². The molecular weight excluding hydrogens is 414 g/mol. The smallest absolute Gasteiger partial charge is 0.189 e. The van der Waals surface area contributed by atoms with E-state index in [2.05, 4.69) is 22.4 Å². The van der Waals surface area contributed by atoms with Gasteiger partial charge in [0.05, 0.1) is 17.9 Å². The third-order valence-electron chi connectivity index (χ3n) is 4.98. The van der Waals surface area contributed by atoms with Crippen LogP contribution in [0, 0.1) is 0 Å². The summed E-state index contributed by atoms with van der Waals surface area (Å²) in [6.07, 6.45) is 6.94. The summed E-state index contributed by atoms with van der Waals surface area (Å²) in [5.41, 5.74) is 10.2. The Hall–Kier alpha value is -2.60. The molecule has 5 nitrogen and oxygen atoms in total. The molecule has 0 unspecified atom stereocenters. The van der Waals surface area contributed by atoms with Crippen LogP contribution in [0.4, 0.5) is 0 Å². The van der Waals surface area contributed by atoms with Crippen molar-refractivity contribution in [3.05, 3.63) is 72.4 Å². The Morgan fingerprint density at radius 2 is 1.68 bits per heavy atom. The SMILES string of the molecule is Br.NC(=NCc1cn(-c2ccccc2)nc1-c1ccccc1)NC1CCCC1. The molecule has 0 saturated heterocycles. The van der Waals surface area contributed by atoms with Crippen LogP contribution in [-0.2, 0) is 6.54 Å². The topological polar surface area (TPSA) is 68.2 Å². The summed E-state index contributed by atoms with van der Waals surface area (Å²) in [6, 6.07) is 20.8. The van der Waals surface area contributed by atoms with E-state index in [0.717, 1.165) is 22.5 Å². The molecule has 1 aromatic heterocycles. The minimum atomic E-state index is 0. The molecule has 3 aromatic rings. The highest BCUT2D eigenvalue weighted by molar-refractivity contribution is 8.93. The molecule has 4 rings (SSSR count).